The molecule has 5 rings (SSSR count). The minimum absolute atomic E-state index is 0.729. The van der Waals surface area contributed by atoms with Crippen molar-refractivity contribution in [2.75, 3.05) is 6.26 Å². The summed E-state index contributed by atoms with van der Waals surface area (Å²) in [7, 11) is 0. The first kappa shape index (κ1) is 21.3. The van der Waals surface area contributed by atoms with Crippen LogP contribution >= 0.6 is 11.8 Å². The van der Waals surface area contributed by atoms with Gasteiger partial charge in [-0.2, -0.15) is 0 Å². The minimum Gasteiger partial charge on any atom is -0.337 e. The molecule has 0 aliphatic carbocycles. The van der Waals surface area contributed by atoms with Gasteiger partial charge in [0.2, 0.25) is 0 Å². The van der Waals surface area contributed by atoms with Crippen LogP contribution in [0.2, 0.25) is 0 Å². The van der Waals surface area contributed by atoms with Gasteiger partial charge in [-0.05, 0) is 42.7 Å². The molecule has 0 bridgehead atoms. The first-order valence-corrected chi connectivity index (χ1v) is 12.3. The van der Waals surface area contributed by atoms with E-state index in [1.807, 2.05) is 37.2 Å². The second kappa shape index (κ2) is 9.96. The molecule has 0 saturated heterocycles. The summed E-state index contributed by atoms with van der Waals surface area (Å²) in [6.07, 6.45) is 12.9. The molecule has 3 aromatic heterocycles. The Hall–Kier alpha value is -3.51. The maximum atomic E-state index is 4.99. The number of pyridine rings is 1. The third-order valence-electron chi connectivity index (χ3n) is 5.73. The van der Waals surface area contributed by atoms with Crippen LogP contribution in [0.1, 0.15) is 18.4 Å². The molecule has 0 saturated carbocycles. The summed E-state index contributed by atoms with van der Waals surface area (Å²) < 4.78 is 2.13. The van der Waals surface area contributed by atoms with Gasteiger partial charge in [-0.1, -0.05) is 66.4 Å². The Kier molecular flexibility index (Phi) is 6.44. The van der Waals surface area contributed by atoms with Gasteiger partial charge in [0, 0.05) is 41.6 Å². The maximum Gasteiger partial charge on any atom is 0.189 e. The van der Waals surface area contributed by atoms with Gasteiger partial charge in [0.15, 0.2) is 10.8 Å². The van der Waals surface area contributed by atoms with Crippen LogP contribution < -0.4 is 0 Å². The summed E-state index contributed by atoms with van der Waals surface area (Å²) in [5, 5.41) is 1.68. The summed E-state index contributed by atoms with van der Waals surface area (Å²) in [6.45, 7) is 1.01. The average molecular weight is 452 g/mol. The number of hydrogen-bond donors (Lipinski definition) is 0. The SMILES string of the molecule is CSc1ncc2cc(-c3ccccc3)c(-c3ccc(CCCCn4ccnc4)cc3)nc2n1. The van der Waals surface area contributed by atoms with Crippen molar-refractivity contribution in [2.24, 2.45) is 0 Å². The zero-order valence-electron chi connectivity index (χ0n) is 18.6. The molecule has 0 unspecified atom stereocenters. The summed E-state index contributed by atoms with van der Waals surface area (Å²) in [5.41, 5.74) is 6.36. The fraction of sp³-hybridized carbons (Fsp3) is 0.185. The van der Waals surface area contributed by atoms with Crippen molar-refractivity contribution in [3.63, 3.8) is 0 Å². The van der Waals surface area contributed by atoms with E-state index in [1.165, 1.54) is 17.3 Å². The Bertz CT molecular complexity index is 1330. The molecule has 0 amide bonds. The number of unbranched alkanes of at least 4 members (excludes halogenated alkanes) is 1. The van der Waals surface area contributed by atoms with Gasteiger partial charge in [-0.3, -0.25) is 0 Å². The lowest BCUT2D eigenvalue weighted by Crippen LogP contribution is -1.97. The van der Waals surface area contributed by atoms with Gasteiger partial charge in [0.1, 0.15) is 0 Å². The Balaban J connectivity index is 1.42. The van der Waals surface area contributed by atoms with E-state index >= 15 is 0 Å². The highest BCUT2D eigenvalue weighted by molar-refractivity contribution is 7.98. The van der Waals surface area contributed by atoms with E-state index in [4.69, 9.17) is 4.98 Å². The normalized spacial score (nSPS) is 11.2. The van der Waals surface area contributed by atoms with Crippen molar-refractivity contribution in [1.29, 1.82) is 0 Å². The smallest absolute Gasteiger partial charge is 0.189 e. The number of nitrogens with zero attached hydrogens (tertiary/aromatic N) is 5. The Labute approximate surface area is 198 Å². The van der Waals surface area contributed by atoms with Gasteiger partial charge >= 0.3 is 0 Å². The van der Waals surface area contributed by atoms with E-state index < -0.39 is 0 Å². The van der Waals surface area contributed by atoms with E-state index in [0.717, 1.165) is 64.4 Å². The third-order valence-corrected chi connectivity index (χ3v) is 6.29. The van der Waals surface area contributed by atoms with Crippen molar-refractivity contribution in [2.45, 2.75) is 31.0 Å². The predicted molar refractivity (Wildman–Crippen MR) is 135 cm³/mol. The van der Waals surface area contributed by atoms with Crippen LogP contribution in [0.25, 0.3) is 33.4 Å². The molecule has 3 heterocycles. The van der Waals surface area contributed by atoms with E-state index in [2.05, 4.69) is 74.1 Å². The van der Waals surface area contributed by atoms with Crippen LogP contribution in [0.3, 0.4) is 0 Å². The molecule has 6 heteroatoms. The largest absolute Gasteiger partial charge is 0.337 e. The molecule has 5 nitrogen and oxygen atoms in total. The van der Waals surface area contributed by atoms with E-state index in [-0.39, 0.29) is 0 Å². The molecule has 33 heavy (non-hydrogen) atoms. The zero-order chi connectivity index (χ0) is 22.5. The predicted octanol–water partition coefficient (Wildman–Crippen LogP) is 6.30. The van der Waals surface area contributed by atoms with Crippen molar-refractivity contribution in [3.05, 3.63) is 91.1 Å². The van der Waals surface area contributed by atoms with Gasteiger partial charge in [0.05, 0.1) is 12.0 Å². The molecule has 164 valence electrons. The Morgan fingerprint density at radius 3 is 2.52 bits per heavy atom. The third kappa shape index (κ3) is 4.96. The van der Waals surface area contributed by atoms with Crippen molar-refractivity contribution in [3.8, 4) is 22.4 Å². The number of aromatic nitrogens is 5. The summed E-state index contributed by atoms with van der Waals surface area (Å²) in [5.74, 6) is 0. The van der Waals surface area contributed by atoms with Crippen molar-refractivity contribution < 1.29 is 0 Å². The zero-order valence-corrected chi connectivity index (χ0v) is 19.4. The Morgan fingerprint density at radius 1 is 0.909 bits per heavy atom. The van der Waals surface area contributed by atoms with Gasteiger partial charge in [-0.25, -0.2) is 19.9 Å². The van der Waals surface area contributed by atoms with Crippen LogP contribution in [0, 0.1) is 0 Å². The topological polar surface area (TPSA) is 56.5 Å². The van der Waals surface area contributed by atoms with Crippen molar-refractivity contribution >= 4 is 22.8 Å². The molecule has 0 aliphatic rings. The van der Waals surface area contributed by atoms with Crippen LogP contribution in [0.5, 0.6) is 0 Å². The molecular formula is C27H25N5S. The lowest BCUT2D eigenvalue weighted by molar-refractivity contribution is 0.609. The molecule has 2 aromatic carbocycles. The summed E-state index contributed by atoms with van der Waals surface area (Å²) in [4.78, 5) is 18.2. The van der Waals surface area contributed by atoms with Crippen LogP contribution in [0.4, 0.5) is 0 Å². The van der Waals surface area contributed by atoms with Gasteiger partial charge < -0.3 is 4.57 Å². The van der Waals surface area contributed by atoms with E-state index in [9.17, 15) is 0 Å². The molecule has 5 aromatic rings. The van der Waals surface area contributed by atoms with Gasteiger partial charge in [-0.15, -0.1) is 0 Å². The first-order chi connectivity index (χ1) is 16.3. The molecule has 0 spiro atoms. The average Bonchev–Trinajstić information content (AvgIpc) is 3.40. The molecule has 0 atom stereocenters. The van der Waals surface area contributed by atoms with Crippen LogP contribution in [-0.2, 0) is 13.0 Å². The fourth-order valence-corrected chi connectivity index (χ4v) is 4.31. The molecule has 0 N–H and O–H groups in total. The van der Waals surface area contributed by atoms with Gasteiger partial charge in [0.25, 0.3) is 0 Å². The molecule has 0 aliphatic heterocycles. The van der Waals surface area contributed by atoms with Crippen molar-refractivity contribution in [1.82, 2.24) is 24.5 Å². The number of imidazole rings is 1. The second-order valence-electron chi connectivity index (χ2n) is 7.97. The quantitative estimate of drug-likeness (QED) is 0.157. The number of thioether (sulfide) groups is 1. The molecule has 0 radical (unpaired) electrons. The fourth-order valence-electron chi connectivity index (χ4n) is 3.98. The number of fused-ring (bicyclic) bond motifs is 1. The summed E-state index contributed by atoms with van der Waals surface area (Å²) in [6, 6.07) is 21.4. The highest BCUT2D eigenvalue weighted by Gasteiger charge is 2.13. The maximum absolute atomic E-state index is 4.99. The Morgan fingerprint density at radius 2 is 1.76 bits per heavy atom. The second-order valence-corrected chi connectivity index (χ2v) is 8.75. The van der Waals surface area contributed by atoms with Crippen LogP contribution in [0.15, 0.2) is 90.7 Å². The number of hydrogen-bond acceptors (Lipinski definition) is 5. The van der Waals surface area contributed by atoms with E-state index in [1.54, 1.807) is 0 Å². The lowest BCUT2D eigenvalue weighted by atomic mass is 9.97. The highest BCUT2D eigenvalue weighted by atomic mass is 32.2. The van der Waals surface area contributed by atoms with E-state index in [0.29, 0.717) is 0 Å². The number of benzene rings is 2. The standard InChI is InChI=1S/C27H25N5S/c1-33-27-29-18-23-17-24(21-8-3-2-4-9-21)25(30-26(23)31-27)22-12-10-20(11-13-22)7-5-6-15-32-16-14-28-19-32/h2-4,8-14,16-19H,5-7,15H2,1H3. The summed E-state index contributed by atoms with van der Waals surface area (Å²) >= 11 is 1.53. The number of aryl methyl sites for hydroxylation is 2. The molecular weight excluding hydrogens is 426 g/mol. The number of rotatable bonds is 8. The van der Waals surface area contributed by atoms with Crippen LogP contribution in [-0.4, -0.2) is 30.8 Å². The first-order valence-electron chi connectivity index (χ1n) is 11.1. The molecule has 0 fully saturated rings. The minimum atomic E-state index is 0.729. The highest BCUT2D eigenvalue weighted by Crippen LogP contribution is 2.33. The lowest BCUT2D eigenvalue weighted by Gasteiger charge is -2.12. The monoisotopic (exact) mass is 451 g/mol.